The highest BCUT2D eigenvalue weighted by atomic mass is 35.5. The largest absolute Gasteiger partial charge is 0.127 e. The van der Waals surface area contributed by atoms with Crippen molar-refractivity contribution in [1.29, 1.82) is 0 Å². The third-order valence-corrected chi connectivity index (χ3v) is 1.53. The van der Waals surface area contributed by atoms with Gasteiger partial charge in [0.05, 0.1) is 0 Å². The maximum Gasteiger partial charge on any atom is 0.0223 e. The lowest BCUT2D eigenvalue weighted by atomic mass is 10.2. The molecule has 0 N–H and O–H groups in total. The lowest BCUT2D eigenvalue weighted by Gasteiger charge is -1.89. The zero-order valence-electron chi connectivity index (χ0n) is 7.30. The molecule has 0 nitrogen and oxygen atoms in total. The Morgan fingerprint density at radius 1 is 1.08 bits per heavy atom. The Morgan fingerprint density at radius 2 is 1.58 bits per heavy atom. The Labute approximate surface area is 80.6 Å². The molecule has 66 valence electrons. The molecule has 0 aliphatic rings. The number of hydrogen-bond acceptors (Lipinski definition) is 0. The van der Waals surface area contributed by atoms with Gasteiger partial charge in [0.15, 0.2) is 0 Å². The molecule has 0 heterocycles. The third kappa shape index (κ3) is 6.23. The molecule has 1 aromatic rings. The van der Waals surface area contributed by atoms with Gasteiger partial charge in [-0.05, 0) is 25.3 Å². The molecule has 0 saturated heterocycles. The molecular weight excluding hydrogens is 168 g/mol. The van der Waals surface area contributed by atoms with Crippen LogP contribution in [0.15, 0.2) is 30.3 Å². The van der Waals surface area contributed by atoms with Crippen molar-refractivity contribution in [2.75, 3.05) is 5.88 Å². The second-order valence-corrected chi connectivity index (χ2v) is 2.66. The minimum Gasteiger partial charge on any atom is -0.127 e. The van der Waals surface area contributed by atoms with Crippen LogP contribution in [0.25, 0.3) is 0 Å². The Bertz CT molecular complexity index is 168. The molecule has 0 bridgehead atoms. The Morgan fingerprint density at radius 3 is 1.83 bits per heavy atom. The minimum absolute atomic E-state index is 0.681. The van der Waals surface area contributed by atoms with Crippen LogP contribution in [0.4, 0.5) is 0 Å². The number of halogens is 1. The van der Waals surface area contributed by atoms with Crippen LogP contribution < -0.4 is 0 Å². The lowest BCUT2D eigenvalue weighted by Crippen LogP contribution is -1.74. The molecule has 0 unspecified atom stereocenters. The summed E-state index contributed by atoms with van der Waals surface area (Å²) in [5, 5.41) is 0. The van der Waals surface area contributed by atoms with Crippen LogP contribution in [-0.4, -0.2) is 5.88 Å². The SMILES string of the molecule is [CH2]CCCl.[CH2]Cc1ccccc1. The fraction of sp³-hybridized carbons (Fsp3) is 0.273. The predicted octanol–water partition coefficient (Wildman–Crippen LogP) is 3.51. The van der Waals surface area contributed by atoms with E-state index in [-0.39, 0.29) is 0 Å². The van der Waals surface area contributed by atoms with Crippen molar-refractivity contribution in [2.24, 2.45) is 0 Å². The van der Waals surface area contributed by atoms with Gasteiger partial charge >= 0.3 is 0 Å². The first kappa shape index (κ1) is 11.5. The smallest absolute Gasteiger partial charge is 0.0223 e. The molecule has 0 fully saturated rings. The molecule has 1 rings (SSSR count). The lowest BCUT2D eigenvalue weighted by molar-refractivity contribution is 1.24. The molecule has 12 heavy (non-hydrogen) atoms. The fourth-order valence-electron chi connectivity index (χ4n) is 0.645. The second kappa shape index (κ2) is 8.61. The number of hydrogen-bond donors (Lipinski definition) is 0. The highest BCUT2D eigenvalue weighted by Gasteiger charge is 1.80. The summed E-state index contributed by atoms with van der Waals surface area (Å²) in [4.78, 5) is 0. The second-order valence-electron chi connectivity index (χ2n) is 2.28. The van der Waals surface area contributed by atoms with Gasteiger partial charge in [0.25, 0.3) is 0 Å². The van der Waals surface area contributed by atoms with Crippen molar-refractivity contribution in [2.45, 2.75) is 12.8 Å². The Hall–Kier alpha value is -0.490. The number of benzene rings is 1. The van der Waals surface area contributed by atoms with Crippen LogP contribution in [-0.2, 0) is 6.42 Å². The zero-order chi connectivity index (χ0) is 9.23. The summed E-state index contributed by atoms with van der Waals surface area (Å²) in [7, 11) is 0. The van der Waals surface area contributed by atoms with Gasteiger partial charge < -0.3 is 0 Å². The summed E-state index contributed by atoms with van der Waals surface area (Å²) >= 11 is 5.12. The highest BCUT2D eigenvalue weighted by Crippen LogP contribution is 1.96. The average Bonchev–Trinajstić information content (AvgIpc) is 2.19. The van der Waals surface area contributed by atoms with Gasteiger partial charge in [-0.15, -0.1) is 11.6 Å². The summed E-state index contributed by atoms with van der Waals surface area (Å²) in [6, 6.07) is 10.2. The van der Waals surface area contributed by atoms with Gasteiger partial charge in [0, 0.05) is 5.88 Å². The van der Waals surface area contributed by atoms with E-state index in [9.17, 15) is 0 Å². The molecule has 0 amide bonds. The first-order valence-corrected chi connectivity index (χ1v) is 4.57. The van der Waals surface area contributed by atoms with E-state index in [1.54, 1.807) is 0 Å². The Balaban J connectivity index is 0.000000261. The maximum absolute atomic E-state index is 5.12. The van der Waals surface area contributed by atoms with Crippen molar-refractivity contribution >= 4 is 11.6 Å². The summed E-state index contributed by atoms with van der Waals surface area (Å²) in [6.07, 6.45) is 1.72. The maximum atomic E-state index is 5.12. The summed E-state index contributed by atoms with van der Waals surface area (Å²) < 4.78 is 0. The molecule has 0 spiro atoms. The van der Waals surface area contributed by atoms with E-state index in [2.05, 4.69) is 26.0 Å². The van der Waals surface area contributed by atoms with Gasteiger partial charge in [-0.25, -0.2) is 0 Å². The van der Waals surface area contributed by atoms with Crippen molar-refractivity contribution in [3.05, 3.63) is 49.7 Å². The third-order valence-electron chi connectivity index (χ3n) is 1.27. The predicted molar refractivity (Wildman–Crippen MR) is 56.2 cm³/mol. The average molecular weight is 183 g/mol. The van der Waals surface area contributed by atoms with Crippen molar-refractivity contribution in [1.82, 2.24) is 0 Å². The van der Waals surface area contributed by atoms with Gasteiger partial charge in [0.1, 0.15) is 0 Å². The summed E-state index contributed by atoms with van der Waals surface area (Å²) in [6.45, 7) is 7.23. The molecule has 1 heteroatoms. The quantitative estimate of drug-likeness (QED) is 0.615. The molecule has 0 aromatic heterocycles. The van der Waals surface area contributed by atoms with Crippen LogP contribution in [0.5, 0.6) is 0 Å². The van der Waals surface area contributed by atoms with Crippen molar-refractivity contribution < 1.29 is 0 Å². The normalized spacial score (nSPS) is 8.58. The highest BCUT2D eigenvalue weighted by molar-refractivity contribution is 6.17. The van der Waals surface area contributed by atoms with Crippen LogP contribution in [0, 0.1) is 13.8 Å². The molecule has 0 aliphatic carbocycles. The summed E-state index contributed by atoms with van der Waals surface area (Å²) in [5.41, 5.74) is 1.30. The molecule has 1 aromatic carbocycles. The first-order chi connectivity index (χ1) is 5.85. The van der Waals surface area contributed by atoms with E-state index >= 15 is 0 Å². The fourth-order valence-corrected chi connectivity index (χ4v) is 0.645. The van der Waals surface area contributed by atoms with Crippen LogP contribution in [0.3, 0.4) is 0 Å². The van der Waals surface area contributed by atoms with E-state index in [0.29, 0.717) is 5.88 Å². The monoisotopic (exact) mass is 182 g/mol. The van der Waals surface area contributed by atoms with Gasteiger partial charge in [-0.3, -0.25) is 0 Å². The van der Waals surface area contributed by atoms with E-state index in [1.807, 2.05) is 18.2 Å². The summed E-state index contributed by atoms with van der Waals surface area (Å²) in [5.74, 6) is 0.681. The zero-order valence-corrected chi connectivity index (χ0v) is 8.06. The minimum atomic E-state index is 0.681. The van der Waals surface area contributed by atoms with Gasteiger partial charge in [-0.1, -0.05) is 37.3 Å². The first-order valence-electron chi connectivity index (χ1n) is 4.03. The van der Waals surface area contributed by atoms with Crippen molar-refractivity contribution in [3.63, 3.8) is 0 Å². The van der Waals surface area contributed by atoms with E-state index in [1.165, 1.54) is 5.56 Å². The van der Waals surface area contributed by atoms with E-state index in [4.69, 9.17) is 11.6 Å². The Kier molecular flexibility index (Phi) is 8.25. The molecule has 0 atom stereocenters. The molecule has 0 saturated carbocycles. The van der Waals surface area contributed by atoms with Crippen LogP contribution in [0.1, 0.15) is 12.0 Å². The number of alkyl halides is 1. The van der Waals surface area contributed by atoms with E-state index < -0.39 is 0 Å². The molecule has 2 radical (unpaired) electrons. The van der Waals surface area contributed by atoms with E-state index in [0.717, 1.165) is 12.8 Å². The molecule has 0 aliphatic heterocycles. The van der Waals surface area contributed by atoms with Crippen LogP contribution >= 0.6 is 11.6 Å². The standard InChI is InChI=1S/C8H9.C3H6Cl/c1-2-8-6-4-3-5-7-8;1-2-3-4/h3-7H,1-2H2;1-3H2. The van der Waals surface area contributed by atoms with Crippen LogP contribution in [0.2, 0.25) is 0 Å². The number of rotatable bonds is 2. The molecular formula is C11H15Cl. The topological polar surface area (TPSA) is 0 Å². The van der Waals surface area contributed by atoms with Crippen molar-refractivity contribution in [3.8, 4) is 0 Å². The van der Waals surface area contributed by atoms with Gasteiger partial charge in [0.2, 0.25) is 0 Å². The van der Waals surface area contributed by atoms with Gasteiger partial charge in [-0.2, -0.15) is 0 Å².